The van der Waals surface area contributed by atoms with Crippen molar-refractivity contribution in [2.75, 3.05) is 18.9 Å². The van der Waals surface area contributed by atoms with Gasteiger partial charge in [0.15, 0.2) is 0 Å². The van der Waals surface area contributed by atoms with Crippen molar-refractivity contribution >= 4 is 32.5 Å². The van der Waals surface area contributed by atoms with Crippen LogP contribution in [0.2, 0.25) is 0 Å². The van der Waals surface area contributed by atoms with E-state index in [1.54, 1.807) is 25.1 Å². The first kappa shape index (κ1) is 26.7. The number of nitrogens with zero attached hydrogens (tertiary/aromatic N) is 3. The molecular formula is C25H23F2N5O5S. The number of fused-ring (bicyclic) bond motifs is 1. The molecule has 0 aliphatic rings. The number of ether oxygens (including phenoxy) is 1. The zero-order chi connectivity index (χ0) is 27.6. The number of rotatable bonds is 8. The van der Waals surface area contributed by atoms with E-state index in [-0.39, 0.29) is 35.0 Å². The number of carbonyl (C=O) groups is 1. The van der Waals surface area contributed by atoms with Gasteiger partial charge in [-0.05, 0) is 42.0 Å². The highest BCUT2D eigenvalue weighted by atomic mass is 32.2. The number of sulfonamides is 1. The molecule has 0 saturated heterocycles. The highest BCUT2D eigenvalue weighted by Crippen LogP contribution is 2.31. The standard InChI is InChI=1S/C25H23F2N5O5S/c1-14(23(33)28-2)12-32-13-30-20-7-4-15(8-18(20)25(32)34)16-9-21(24(37-3)29-11-16)31-38(35,36)22-10-17(26)5-6-19(22)27/h4-11,13-14,31H,12H2,1-3H3,(H,28,33)/t14-/m0/s1. The van der Waals surface area contributed by atoms with Gasteiger partial charge in [0, 0.05) is 25.4 Å². The number of aromatic nitrogens is 3. The maximum absolute atomic E-state index is 14.2. The Morgan fingerprint density at radius 3 is 2.58 bits per heavy atom. The van der Waals surface area contributed by atoms with Gasteiger partial charge in [0.2, 0.25) is 11.8 Å². The predicted molar refractivity (Wildman–Crippen MR) is 136 cm³/mol. The zero-order valence-electron chi connectivity index (χ0n) is 20.5. The highest BCUT2D eigenvalue weighted by molar-refractivity contribution is 7.92. The van der Waals surface area contributed by atoms with Crippen molar-refractivity contribution < 1.29 is 26.7 Å². The first-order valence-electron chi connectivity index (χ1n) is 11.3. The molecule has 38 heavy (non-hydrogen) atoms. The van der Waals surface area contributed by atoms with Gasteiger partial charge in [0.25, 0.3) is 15.6 Å². The van der Waals surface area contributed by atoms with Crippen LogP contribution in [0.5, 0.6) is 5.88 Å². The largest absolute Gasteiger partial charge is 0.480 e. The second-order valence-electron chi connectivity index (χ2n) is 8.41. The molecule has 13 heteroatoms. The van der Waals surface area contributed by atoms with E-state index in [9.17, 15) is 26.8 Å². The highest BCUT2D eigenvalue weighted by Gasteiger charge is 2.23. The van der Waals surface area contributed by atoms with E-state index in [4.69, 9.17) is 4.74 Å². The first-order valence-corrected chi connectivity index (χ1v) is 12.8. The number of anilines is 1. The molecule has 1 amide bonds. The summed E-state index contributed by atoms with van der Waals surface area (Å²) < 4.78 is 62.1. The average Bonchev–Trinajstić information content (AvgIpc) is 2.90. The van der Waals surface area contributed by atoms with Gasteiger partial charge in [-0.15, -0.1) is 0 Å². The van der Waals surface area contributed by atoms with Gasteiger partial charge in [-0.3, -0.25) is 18.9 Å². The summed E-state index contributed by atoms with van der Waals surface area (Å²) in [6.45, 7) is 1.81. The van der Waals surface area contributed by atoms with Crippen LogP contribution in [0.15, 0.2) is 64.7 Å². The second kappa shape index (κ2) is 10.5. The van der Waals surface area contributed by atoms with Crippen molar-refractivity contribution in [3.05, 3.63) is 77.0 Å². The van der Waals surface area contributed by atoms with Crippen molar-refractivity contribution in [2.45, 2.75) is 18.4 Å². The summed E-state index contributed by atoms with van der Waals surface area (Å²) in [6, 6.07) is 8.33. The Hall–Kier alpha value is -4.39. The molecule has 0 radical (unpaired) electrons. The molecule has 1 atom stereocenters. The molecule has 2 N–H and O–H groups in total. The fraction of sp³-hybridized carbons (Fsp3) is 0.200. The first-order chi connectivity index (χ1) is 18.0. The maximum atomic E-state index is 14.2. The van der Waals surface area contributed by atoms with Crippen LogP contribution in [0, 0.1) is 17.6 Å². The van der Waals surface area contributed by atoms with Gasteiger partial charge in [0.1, 0.15) is 22.2 Å². The van der Waals surface area contributed by atoms with Crippen LogP contribution in [0.4, 0.5) is 14.5 Å². The van der Waals surface area contributed by atoms with Crippen LogP contribution in [0.3, 0.4) is 0 Å². The van der Waals surface area contributed by atoms with Gasteiger partial charge in [-0.25, -0.2) is 27.2 Å². The van der Waals surface area contributed by atoms with Crippen LogP contribution < -0.4 is 20.3 Å². The molecule has 2 aromatic carbocycles. The third-order valence-electron chi connectivity index (χ3n) is 5.79. The Balaban J connectivity index is 1.74. The number of halogens is 2. The van der Waals surface area contributed by atoms with Gasteiger partial charge in [0.05, 0.1) is 30.3 Å². The number of amides is 1. The quantitative estimate of drug-likeness (QED) is 0.349. The van der Waals surface area contributed by atoms with Crippen LogP contribution in [0.25, 0.3) is 22.0 Å². The van der Waals surface area contributed by atoms with E-state index in [0.29, 0.717) is 28.8 Å². The Morgan fingerprint density at radius 2 is 1.87 bits per heavy atom. The summed E-state index contributed by atoms with van der Waals surface area (Å²) >= 11 is 0. The molecule has 4 aromatic rings. The van der Waals surface area contributed by atoms with E-state index in [2.05, 4.69) is 20.0 Å². The summed E-state index contributed by atoms with van der Waals surface area (Å²) in [6.07, 6.45) is 2.78. The third-order valence-corrected chi connectivity index (χ3v) is 7.17. The average molecular weight is 544 g/mol. The molecule has 0 unspecified atom stereocenters. The molecule has 2 aromatic heterocycles. The monoisotopic (exact) mass is 543 g/mol. The molecule has 198 valence electrons. The number of nitrogens with one attached hydrogen (secondary N) is 2. The SMILES string of the molecule is CNC(=O)[C@@H](C)Cn1cnc2ccc(-c3cnc(OC)c(NS(=O)(=O)c4cc(F)ccc4F)c3)cc2c1=O. The van der Waals surface area contributed by atoms with Crippen molar-refractivity contribution in [3.8, 4) is 17.0 Å². The summed E-state index contributed by atoms with van der Waals surface area (Å²) in [4.78, 5) is 32.5. The molecular weight excluding hydrogens is 520 g/mol. The van der Waals surface area contributed by atoms with Gasteiger partial charge in [-0.1, -0.05) is 13.0 Å². The van der Waals surface area contributed by atoms with Crippen LogP contribution in [-0.2, 0) is 21.4 Å². The summed E-state index contributed by atoms with van der Waals surface area (Å²) in [5, 5.41) is 2.81. The van der Waals surface area contributed by atoms with Gasteiger partial charge in [-0.2, -0.15) is 0 Å². The fourth-order valence-corrected chi connectivity index (χ4v) is 4.96. The van der Waals surface area contributed by atoms with E-state index in [1.807, 2.05) is 0 Å². The predicted octanol–water partition coefficient (Wildman–Crippen LogP) is 2.93. The molecule has 0 bridgehead atoms. The minimum absolute atomic E-state index is 0.109. The van der Waals surface area contributed by atoms with E-state index in [0.717, 1.165) is 6.07 Å². The van der Waals surface area contributed by atoms with Crippen molar-refractivity contribution in [3.63, 3.8) is 0 Å². The molecule has 2 heterocycles. The van der Waals surface area contributed by atoms with Crippen molar-refractivity contribution in [2.24, 2.45) is 5.92 Å². The number of hydrogen-bond donors (Lipinski definition) is 2. The number of methoxy groups -OCH3 is 1. The Kier molecular flexibility index (Phi) is 7.39. The van der Waals surface area contributed by atoms with Gasteiger partial charge < -0.3 is 10.1 Å². The van der Waals surface area contributed by atoms with E-state index >= 15 is 0 Å². The second-order valence-corrected chi connectivity index (χ2v) is 10.1. The minimum Gasteiger partial charge on any atom is -0.480 e. The lowest BCUT2D eigenvalue weighted by atomic mass is 10.0. The number of benzene rings is 2. The number of pyridine rings is 1. The summed E-state index contributed by atoms with van der Waals surface area (Å²) in [5.74, 6) is -2.86. The van der Waals surface area contributed by atoms with Crippen molar-refractivity contribution in [1.82, 2.24) is 19.9 Å². The molecule has 0 fully saturated rings. The molecule has 0 aliphatic carbocycles. The Bertz CT molecular complexity index is 1710. The maximum Gasteiger partial charge on any atom is 0.265 e. The summed E-state index contributed by atoms with van der Waals surface area (Å²) in [5.41, 5.74) is 0.833. The number of carbonyl (C=O) groups excluding carboxylic acids is 1. The topological polar surface area (TPSA) is 132 Å². The Labute approximate surface area is 216 Å². The molecule has 0 aliphatic heterocycles. The lowest BCUT2D eigenvalue weighted by Gasteiger charge is -2.14. The third kappa shape index (κ3) is 5.32. The normalized spacial score (nSPS) is 12.2. The zero-order valence-corrected chi connectivity index (χ0v) is 21.3. The molecule has 0 spiro atoms. The molecule has 4 rings (SSSR count). The lowest BCUT2D eigenvalue weighted by Crippen LogP contribution is -2.32. The lowest BCUT2D eigenvalue weighted by molar-refractivity contribution is -0.124. The van der Waals surface area contributed by atoms with E-state index in [1.165, 1.54) is 37.3 Å². The minimum atomic E-state index is -4.55. The van der Waals surface area contributed by atoms with Gasteiger partial charge >= 0.3 is 0 Å². The molecule has 0 saturated carbocycles. The smallest absolute Gasteiger partial charge is 0.265 e. The number of hydrogen-bond acceptors (Lipinski definition) is 7. The molecule has 10 nitrogen and oxygen atoms in total. The Morgan fingerprint density at radius 1 is 1.11 bits per heavy atom. The van der Waals surface area contributed by atoms with Crippen LogP contribution in [0.1, 0.15) is 6.92 Å². The van der Waals surface area contributed by atoms with Crippen LogP contribution >= 0.6 is 0 Å². The van der Waals surface area contributed by atoms with Crippen molar-refractivity contribution in [1.29, 1.82) is 0 Å². The van der Waals surface area contributed by atoms with Crippen LogP contribution in [-0.4, -0.2) is 43.0 Å². The summed E-state index contributed by atoms with van der Waals surface area (Å²) in [7, 11) is -1.76. The fourth-order valence-electron chi connectivity index (χ4n) is 3.82. The van der Waals surface area contributed by atoms with E-state index < -0.39 is 32.5 Å².